The van der Waals surface area contributed by atoms with Gasteiger partial charge in [0.05, 0.1) is 12.4 Å². The van der Waals surface area contributed by atoms with Gasteiger partial charge in [-0.3, -0.25) is 4.39 Å². The van der Waals surface area contributed by atoms with Gasteiger partial charge < -0.3 is 4.52 Å². The summed E-state index contributed by atoms with van der Waals surface area (Å²) in [5, 5.41) is 3.65. The number of hydrogen-bond donors (Lipinski definition) is 0. The molecule has 0 bridgehead atoms. The Bertz CT molecular complexity index is 254. The van der Waals surface area contributed by atoms with Crippen LogP contribution in [-0.2, 0) is 6.42 Å². The van der Waals surface area contributed by atoms with Crippen molar-refractivity contribution in [3.63, 3.8) is 0 Å². The van der Waals surface area contributed by atoms with Gasteiger partial charge in [-0.15, -0.1) is 0 Å². The first kappa shape index (κ1) is 7.98. The van der Waals surface area contributed by atoms with Crippen LogP contribution in [0.5, 0.6) is 0 Å². The zero-order chi connectivity index (χ0) is 8.27. The van der Waals surface area contributed by atoms with E-state index >= 15 is 0 Å². The van der Waals surface area contributed by atoms with Crippen molar-refractivity contribution in [2.45, 2.75) is 13.3 Å². The fraction of sp³-hybridized carbons (Fsp3) is 0.375. The van der Waals surface area contributed by atoms with Gasteiger partial charge in [-0.2, -0.15) is 0 Å². The van der Waals surface area contributed by atoms with E-state index in [1.54, 1.807) is 0 Å². The fourth-order valence-corrected chi connectivity index (χ4v) is 0.877. The summed E-state index contributed by atoms with van der Waals surface area (Å²) in [6.07, 6.45) is 1.80. The van der Waals surface area contributed by atoms with Gasteiger partial charge in [0, 0.05) is 12.0 Å². The van der Waals surface area contributed by atoms with Gasteiger partial charge >= 0.3 is 0 Å². The maximum Gasteiger partial charge on any atom is 0.131 e. The van der Waals surface area contributed by atoms with E-state index in [1.165, 1.54) is 6.26 Å². The normalized spacial score (nSPS) is 10.0. The molecule has 0 radical (unpaired) electrons. The summed E-state index contributed by atoms with van der Waals surface area (Å²) in [6, 6.07) is 0. The van der Waals surface area contributed by atoms with Crippen LogP contribution in [0.4, 0.5) is 4.39 Å². The van der Waals surface area contributed by atoms with Gasteiger partial charge in [-0.05, 0) is 12.5 Å². The second-order valence-electron chi connectivity index (χ2n) is 2.39. The van der Waals surface area contributed by atoms with Crippen LogP contribution in [0.15, 0.2) is 17.4 Å². The number of aryl methyl sites for hydroxylation is 1. The molecular formula is C8H10FNO. The summed E-state index contributed by atoms with van der Waals surface area (Å²) in [5.41, 5.74) is 2.33. The van der Waals surface area contributed by atoms with E-state index in [1.807, 2.05) is 6.92 Å². The van der Waals surface area contributed by atoms with Gasteiger partial charge in [0.15, 0.2) is 0 Å². The van der Waals surface area contributed by atoms with Crippen LogP contribution >= 0.6 is 0 Å². The van der Waals surface area contributed by atoms with Gasteiger partial charge in [-0.1, -0.05) is 11.7 Å². The molecule has 0 atom stereocenters. The Hall–Kier alpha value is -1.12. The van der Waals surface area contributed by atoms with E-state index < -0.39 is 6.67 Å². The second-order valence-corrected chi connectivity index (χ2v) is 2.39. The zero-order valence-corrected chi connectivity index (χ0v) is 6.43. The molecule has 1 aromatic heterocycles. The van der Waals surface area contributed by atoms with Crippen LogP contribution < -0.4 is 0 Å². The molecule has 1 rings (SSSR count). The summed E-state index contributed by atoms with van der Waals surface area (Å²) in [5.74, 6) is 0. The number of allylic oxidation sites excluding steroid dienone is 1. The Morgan fingerprint density at radius 2 is 2.55 bits per heavy atom. The van der Waals surface area contributed by atoms with E-state index in [2.05, 4.69) is 16.3 Å². The Morgan fingerprint density at radius 3 is 3.09 bits per heavy atom. The van der Waals surface area contributed by atoms with Gasteiger partial charge in [0.1, 0.15) is 6.26 Å². The summed E-state index contributed by atoms with van der Waals surface area (Å²) < 4.78 is 16.6. The average molecular weight is 155 g/mol. The van der Waals surface area contributed by atoms with Crippen LogP contribution in [0.1, 0.15) is 18.2 Å². The minimum absolute atomic E-state index is 0.304. The number of rotatable bonds is 3. The predicted octanol–water partition coefficient (Wildman–Crippen LogP) is 2.22. The van der Waals surface area contributed by atoms with Crippen molar-refractivity contribution in [2.24, 2.45) is 0 Å². The fourth-order valence-electron chi connectivity index (χ4n) is 0.877. The number of aromatic nitrogens is 1. The molecular weight excluding hydrogens is 145 g/mol. The lowest BCUT2D eigenvalue weighted by atomic mass is 10.1. The minimum Gasteiger partial charge on any atom is -0.364 e. The lowest BCUT2D eigenvalue weighted by molar-refractivity contribution is 0.404. The molecule has 60 valence electrons. The molecule has 2 nitrogen and oxygen atoms in total. The average Bonchev–Trinajstić information content (AvgIpc) is 2.36. The first-order valence-corrected chi connectivity index (χ1v) is 3.40. The molecule has 1 heterocycles. The number of nitrogens with zero attached hydrogens (tertiary/aromatic N) is 1. The smallest absolute Gasteiger partial charge is 0.131 e. The topological polar surface area (TPSA) is 26.0 Å². The monoisotopic (exact) mass is 155 g/mol. The van der Waals surface area contributed by atoms with Crippen LogP contribution in [0.25, 0.3) is 5.57 Å². The Kier molecular flexibility index (Phi) is 2.41. The minimum atomic E-state index is -0.410. The Morgan fingerprint density at radius 1 is 1.82 bits per heavy atom. The van der Waals surface area contributed by atoms with Crippen LogP contribution in [0.2, 0.25) is 0 Å². The van der Waals surface area contributed by atoms with Crippen molar-refractivity contribution >= 4 is 5.57 Å². The zero-order valence-electron chi connectivity index (χ0n) is 6.43. The first-order valence-electron chi connectivity index (χ1n) is 3.40. The van der Waals surface area contributed by atoms with Crippen molar-refractivity contribution in [1.82, 2.24) is 5.16 Å². The van der Waals surface area contributed by atoms with Crippen molar-refractivity contribution < 1.29 is 8.91 Å². The lowest BCUT2D eigenvalue weighted by Crippen LogP contribution is -1.90. The molecule has 0 unspecified atom stereocenters. The van der Waals surface area contributed by atoms with Crippen LogP contribution in [0, 0.1) is 0 Å². The standard InChI is InChI=1S/C8H10FNO/c1-6(2)7-5-11-10-8(7)3-4-9/h5H,1,3-4H2,2H3. The first-order chi connectivity index (χ1) is 5.25. The van der Waals surface area contributed by atoms with E-state index in [9.17, 15) is 4.39 Å². The molecule has 0 N–H and O–H groups in total. The summed E-state index contributed by atoms with van der Waals surface area (Å²) in [7, 11) is 0. The summed E-state index contributed by atoms with van der Waals surface area (Å²) >= 11 is 0. The predicted molar refractivity (Wildman–Crippen MR) is 40.9 cm³/mol. The molecule has 0 saturated carbocycles. The van der Waals surface area contributed by atoms with E-state index in [4.69, 9.17) is 0 Å². The molecule has 11 heavy (non-hydrogen) atoms. The van der Waals surface area contributed by atoms with Crippen molar-refractivity contribution in [3.05, 3.63) is 24.1 Å². The van der Waals surface area contributed by atoms with Crippen molar-refractivity contribution in [3.8, 4) is 0 Å². The quantitative estimate of drug-likeness (QED) is 0.668. The Labute approximate surface area is 64.7 Å². The molecule has 0 aliphatic heterocycles. The lowest BCUT2D eigenvalue weighted by Gasteiger charge is -1.94. The number of alkyl halides is 1. The van der Waals surface area contributed by atoms with E-state index in [-0.39, 0.29) is 0 Å². The van der Waals surface area contributed by atoms with Gasteiger partial charge in [0.2, 0.25) is 0 Å². The van der Waals surface area contributed by atoms with Crippen molar-refractivity contribution in [2.75, 3.05) is 6.67 Å². The Balaban J connectivity index is 2.87. The third kappa shape index (κ3) is 1.67. The molecule has 0 aliphatic rings. The molecule has 0 saturated heterocycles. The maximum absolute atomic E-state index is 11.9. The van der Waals surface area contributed by atoms with Gasteiger partial charge in [-0.25, -0.2) is 0 Å². The van der Waals surface area contributed by atoms with Crippen LogP contribution in [0.3, 0.4) is 0 Å². The highest BCUT2D eigenvalue weighted by Crippen LogP contribution is 2.16. The molecule has 0 aliphatic carbocycles. The second kappa shape index (κ2) is 3.32. The van der Waals surface area contributed by atoms with Crippen LogP contribution in [-0.4, -0.2) is 11.8 Å². The van der Waals surface area contributed by atoms with Gasteiger partial charge in [0.25, 0.3) is 0 Å². The highest BCUT2D eigenvalue weighted by molar-refractivity contribution is 5.62. The number of hydrogen-bond acceptors (Lipinski definition) is 2. The molecule has 3 heteroatoms. The highest BCUT2D eigenvalue weighted by Gasteiger charge is 2.06. The molecule has 0 amide bonds. The molecule has 1 aromatic rings. The molecule has 0 aromatic carbocycles. The summed E-state index contributed by atoms with van der Waals surface area (Å²) in [4.78, 5) is 0. The third-order valence-electron chi connectivity index (χ3n) is 1.44. The highest BCUT2D eigenvalue weighted by atomic mass is 19.1. The molecule has 0 spiro atoms. The SMILES string of the molecule is C=C(C)c1conc1CCF. The third-order valence-corrected chi connectivity index (χ3v) is 1.44. The maximum atomic E-state index is 11.9. The summed E-state index contributed by atoms with van der Waals surface area (Å²) in [6.45, 7) is 5.15. The largest absolute Gasteiger partial charge is 0.364 e. The van der Waals surface area contributed by atoms with E-state index in [0.29, 0.717) is 12.1 Å². The van der Waals surface area contributed by atoms with E-state index in [0.717, 1.165) is 11.1 Å². The van der Waals surface area contributed by atoms with Crippen molar-refractivity contribution in [1.29, 1.82) is 0 Å². The molecule has 0 fully saturated rings. The number of halogens is 1.